The van der Waals surface area contributed by atoms with Crippen molar-refractivity contribution in [1.29, 1.82) is 0 Å². The third-order valence-electron chi connectivity index (χ3n) is 4.06. The molecule has 0 saturated carbocycles. The van der Waals surface area contributed by atoms with Crippen LogP contribution >= 0.6 is 0 Å². The molecule has 0 atom stereocenters. The first-order chi connectivity index (χ1) is 14.1. The highest BCUT2D eigenvalue weighted by molar-refractivity contribution is 7.89. The first-order valence-electron chi connectivity index (χ1n) is 8.96. The zero-order valence-electron chi connectivity index (χ0n) is 16.2. The van der Waals surface area contributed by atoms with E-state index in [-0.39, 0.29) is 29.2 Å². The third-order valence-corrected chi connectivity index (χ3v) is 4.99. The van der Waals surface area contributed by atoms with Crippen molar-refractivity contribution in [2.45, 2.75) is 37.5 Å². The summed E-state index contributed by atoms with van der Waals surface area (Å²) in [6, 6.07) is 5.19. The van der Waals surface area contributed by atoms with Crippen molar-refractivity contribution in [3.05, 3.63) is 46.1 Å². The van der Waals surface area contributed by atoms with Crippen LogP contribution in [0.3, 0.4) is 0 Å². The molecule has 2 aromatic rings. The first kappa shape index (κ1) is 23.0. The lowest BCUT2D eigenvalue weighted by Crippen LogP contribution is -2.21. The molecular weight excluding hydrogens is 416 g/mol. The summed E-state index contributed by atoms with van der Waals surface area (Å²) in [7, 11) is -3.82. The SMILES string of the molecule is Cc1[nH]c(=O)[nH]c1C(=O)CCCCC(=O)OCC(=O)Nc1ccc(S(N)(=O)=O)cc1. The van der Waals surface area contributed by atoms with Gasteiger partial charge in [0.15, 0.2) is 12.4 Å². The second-order valence-corrected chi connectivity index (χ2v) is 8.05. The lowest BCUT2D eigenvalue weighted by molar-refractivity contribution is -0.147. The van der Waals surface area contributed by atoms with Gasteiger partial charge < -0.3 is 20.0 Å². The Morgan fingerprint density at radius 1 is 1.07 bits per heavy atom. The van der Waals surface area contributed by atoms with Crippen LogP contribution in [0.4, 0.5) is 5.69 Å². The highest BCUT2D eigenvalue weighted by Gasteiger charge is 2.13. The molecule has 5 N–H and O–H groups in total. The van der Waals surface area contributed by atoms with E-state index in [9.17, 15) is 27.6 Å². The van der Waals surface area contributed by atoms with Gasteiger partial charge in [0.25, 0.3) is 5.91 Å². The zero-order chi connectivity index (χ0) is 22.3. The van der Waals surface area contributed by atoms with E-state index >= 15 is 0 Å². The van der Waals surface area contributed by atoms with Gasteiger partial charge in [-0.2, -0.15) is 0 Å². The Morgan fingerprint density at radius 2 is 1.70 bits per heavy atom. The summed E-state index contributed by atoms with van der Waals surface area (Å²) in [5.74, 6) is -1.41. The number of ether oxygens (including phenoxy) is 1. The fourth-order valence-corrected chi connectivity index (χ4v) is 3.09. The fraction of sp³-hybridized carbons (Fsp3) is 0.333. The standard InChI is InChI=1S/C18H22N4O7S/c1-11-17(22-18(26)20-11)14(23)4-2-3-5-16(25)29-10-15(24)21-12-6-8-13(9-7-12)30(19,27)28/h6-9H,2-5,10H2,1H3,(H,21,24)(H2,19,27,28)(H2,20,22,26). The van der Waals surface area contributed by atoms with E-state index < -0.39 is 34.2 Å². The van der Waals surface area contributed by atoms with Gasteiger partial charge >= 0.3 is 11.7 Å². The topological polar surface area (TPSA) is 181 Å². The van der Waals surface area contributed by atoms with Crippen molar-refractivity contribution in [3.63, 3.8) is 0 Å². The van der Waals surface area contributed by atoms with Crippen molar-refractivity contribution in [2.75, 3.05) is 11.9 Å². The molecule has 1 aromatic heterocycles. The molecule has 0 spiro atoms. The largest absolute Gasteiger partial charge is 0.456 e. The molecule has 2 rings (SSSR count). The Kier molecular flexibility index (Phi) is 7.66. The number of carbonyl (C=O) groups excluding carboxylic acids is 3. The number of nitrogens with two attached hydrogens (primary N) is 1. The van der Waals surface area contributed by atoms with Crippen LogP contribution < -0.4 is 16.1 Å². The third kappa shape index (κ3) is 6.97. The molecule has 0 radical (unpaired) electrons. The normalized spacial score (nSPS) is 11.1. The molecule has 162 valence electrons. The molecule has 0 unspecified atom stereocenters. The minimum atomic E-state index is -3.82. The van der Waals surface area contributed by atoms with Crippen molar-refractivity contribution in [2.24, 2.45) is 5.14 Å². The van der Waals surface area contributed by atoms with Gasteiger partial charge in [0, 0.05) is 24.2 Å². The number of imidazole rings is 1. The zero-order valence-corrected chi connectivity index (χ0v) is 17.0. The molecule has 0 aliphatic carbocycles. The second kappa shape index (κ2) is 9.98. The Hall–Kier alpha value is -3.25. The second-order valence-electron chi connectivity index (χ2n) is 6.49. The van der Waals surface area contributed by atoms with E-state index in [1.54, 1.807) is 6.92 Å². The predicted molar refractivity (Wildman–Crippen MR) is 106 cm³/mol. The van der Waals surface area contributed by atoms with E-state index in [0.29, 0.717) is 24.2 Å². The molecule has 0 bridgehead atoms. The van der Waals surface area contributed by atoms with Crippen LogP contribution in [0.5, 0.6) is 0 Å². The smallest absolute Gasteiger partial charge is 0.323 e. The summed E-state index contributed by atoms with van der Waals surface area (Å²) in [6.45, 7) is 1.11. The number of sulfonamides is 1. The van der Waals surface area contributed by atoms with Crippen LogP contribution in [0.1, 0.15) is 41.9 Å². The molecule has 0 aliphatic heterocycles. The number of ketones is 1. The Balaban J connectivity index is 1.66. The first-order valence-corrected chi connectivity index (χ1v) is 10.5. The molecule has 1 heterocycles. The van der Waals surface area contributed by atoms with Crippen LogP contribution in [0.15, 0.2) is 34.0 Å². The maximum Gasteiger partial charge on any atom is 0.323 e. The lowest BCUT2D eigenvalue weighted by atomic mass is 10.1. The minimum Gasteiger partial charge on any atom is -0.456 e. The molecule has 0 aliphatic rings. The Labute approximate surface area is 172 Å². The van der Waals surface area contributed by atoms with Crippen LogP contribution in [-0.4, -0.2) is 42.7 Å². The molecule has 1 amide bonds. The summed E-state index contributed by atoms with van der Waals surface area (Å²) in [6.07, 6.45) is 1.00. The van der Waals surface area contributed by atoms with Gasteiger partial charge in [-0.3, -0.25) is 14.4 Å². The van der Waals surface area contributed by atoms with Gasteiger partial charge in [0.1, 0.15) is 5.69 Å². The number of nitrogens with one attached hydrogen (secondary N) is 3. The molecule has 0 fully saturated rings. The van der Waals surface area contributed by atoms with Gasteiger partial charge in [0.05, 0.1) is 4.90 Å². The summed E-state index contributed by atoms with van der Waals surface area (Å²) in [5.41, 5.74) is 0.573. The molecule has 11 nitrogen and oxygen atoms in total. The van der Waals surface area contributed by atoms with Crippen molar-refractivity contribution < 1.29 is 27.5 Å². The number of Topliss-reactive ketones (excluding diaryl/α,β-unsaturated/α-hetero) is 1. The van der Waals surface area contributed by atoms with Crippen LogP contribution in [0.2, 0.25) is 0 Å². The number of anilines is 1. The van der Waals surface area contributed by atoms with Crippen molar-refractivity contribution >= 4 is 33.4 Å². The van der Waals surface area contributed by atoms with Gasteiger partial charge in [-0.1, -0.05) is 0 Å². The number of aromatic amines is 2. The van der Waals surface area contributed by atoms with E-state index in [4.69, 9.17) is 9.88 Å². The van der Waals surface area contributed by atoms with E-state index in [0.717, 1.165) is 0 Å². The number of unbranched alkanes of at least 4 members (excludes halogenated alkanes) is 1. The molecule has 1 aromatic carbocycles. The van der Waals surface area contributed by atoms with Gasteiger partial charge in [-0.25, -0.2) is 18.4 Å². The van der Waals surface area contributed by atoms with Gasteiger partial charge in [-0.15, -0.1) is 0 Å². The number of primary sulfonamides is 1. The summed E-state index contributed by atoms with van der Waals surface area (Å²) in [4.78, 5) is 51.4. The number of aromatic nitrogens is 2. The average molecular weight is 438 g/mol. The number of amides is 1. The number of esters is 1. The van der Waals surface area contributed by atoms with Gasteiger partial charge in [0.2, 0.25) is 10.0 Å². The quantitative estimate of drug-likeness (QED) is 0.238. The Bertz CT molecular complexity index is 1080. The fourth-order valence-electron chi connectivity index (χ4n) is 2.57. The molecular formula is C18H22N4O7S. The van der Waals surface area contributed by atoms with Crippen LogP contribution in [-0.2, 0) is 24.3 Å². The lowest BCUT2D eigenvalue weighted by Gasteiger charge is -2.07. The number of rotatable bonds is 10. The number of aryl methyl sites for hydroxylation is 1. The van der Waals surface area contributed by atoms with E-state index in [1.807, 2.05) is 0 Å². The maximum absolute atomic E-state index is 12.0. The number of H-pyrrole nitrogens is 2. The van der Waals surface area contributed by atoms with Crippen molar-refractivity contribution in [1.82, 2.24) is 9.97 Å². The minimum absolute atomic E-state index is 0.0340. The summed E-state index contributed by atoms with van der Waals surface area (Å²) >= 11 is 0. The highest BCUT2D eigenvalue weighted by Crippen LogP contribution is 2.13. The highest BCUT2D eigenvalue weighted by atomic mass is 32.2. The van der Waals surface area contributed by atoms with E-state index in [2.05, 4.69) is 15.3 Å². The van der Waals surface area contributed by atoms with Crippen LogP contribution in [0.25, 0.3) is 0 Å². The van der Waals surface area contributed by atoms with E-state index in [1.165, 1.54) is 24.3 Å². The number of hydrogen-bond donors (Lipinski definition) is 4. The summed E-state index contributed by atoms with van der Waals surface area (Å²) in [5, 5.41) is 7.44. The van der Waals surface area contributed by atoms with Crippen LogP contribution in [0, 0.1) is 6.92 Å². The maximum atomic E-state index is 12.0. The summed E-state index contributed by atoms with van der Waals surface area (Å²) < 4.78 is 27.2. The molecule has 0 saturated heterocycles. The Morgan fingerprint density at radius 3 is 2.27 bits per heavy atom. The average Bonchev–Trinajstić information content (AvgIpc) is 3.01. The monoisotopic (exact) mass is 438 g/mol. The van der Waals surface area contributed by atoms with Crippen molar-refractivity contribution in [3.8, 4) is 0 Å². The van der Waals surface area contributed by atoms with Gasteiger partial charge in [-0.05, 0) is 44.0 Å². The number of carbonyl (C=O) groups is 3. The molecule has 30 heavy (non-hydrogen) atoms. The molecule has 12 heteroatoms. The number of benzene rings is 1. The number of hydrogen-bond acceptors (Lipinski definition) is 7. The predicted octanol–water partition coefficient (Wildman–Crippen LogP) is 0.584.